The van der Waals surface area contributed by atoms with Gasteiger partial charge in [-0.2, -0.15) is 0 Å². The van der Waals surface area contributed by atoms with Crippen LogP contribution in [0.5, 0.6) is 0 Å². The zero-order valence-electron chi connectivity index (χ0n) is 35.1. The Morgan fingerprint density at radius 1 is 0.714 bits per heavy atom. The van der Waals surface area contributed by atoms with Crippen molar-refractivity contribution in [1.82, 2.24) is 0 Å². The molecule has 6 atom stereocenters. The summed E-state index contributed by atoms with van der Waals surface area (Å²) in [4.78, 5) is 25.6. The number of carbonyl (C=O) groups is 2. The van der Waals surface area contributed by atoms with E-state index in [1.54, 1.807) is 13.8 Å². The predicted molar refractivity (Wildman–Crippen MR) is 227 cm³/mol. The zero-order chi connectivity index (χ0) is 42.4. The fraction of sp³-hybridized carbons (Fsp3) is 0.458. The van der Waals surface area contributed by atoms with Crippen LogP contribution in [-0.4, -0.2) is 80.8 Å². The molecular formula is C48H66O8. The molecule has 0 fully saturated rings. The molecule has 2 rings (SSSR count). The number of ether oxygens (including phenoxy) is 1. The molecule has 0 bridgehead atoms. The number of ketones is 2. The summed E-state index contributed by atoms with van der Waals surface area (Å²) in [6, 6.07) is 0. The van der Waals surface area contributed by atoms with Crippen LogP contribution in [0.4, 0.5) is 0 Å². The highest BCUT2D eigenvalue weighted by molar-refractivity contribution is 6.01. The number of carbonyl (C=O) groups excluding carboxylic acids is 2. The molecule has 0 spiro atoms. The molecule has 6 unspecified atom stereocenters. The van der Waals surface area contributed by atoms with E-state index < -0.39 is 43.0 Å². The van der Waals surface area contributed by atoms with Gasteiger partial charge in [0.1, 0.15) is 18.3 Å². The Morgan fingerprint density at radius 2 is 1.14 bits per heavy atom. The molecule has 8 nitrogen and oxygen atoms in total. The van der Waals surface area contributed by atoms with Gasteiger partial charge in [0.2, 0.25) is 0 Å². The largest absolute Gasteiger partial charge is 0.394 e. The van der Waals surface area contributed by atoms with Gasteiger partial charge in [-0.15, -0.1) is 6.58 Å². The highest BCUT2D eigenvalue weighted by Crippen LogP contribution is 2.41. The lowest BCUT2D eigenvalue weighted by Gasteiger charge is -2.37. The number of hydrogen-bond donors (Lipinski definition) is 5. The van der Waals surface area contributed by atoms with E-state index in [9.17, 15) is 30.0 Å². The third-order valence-corrected chi connectivity index (χ3v) is 10.5. The Labute approximate surface area is 335 Å². The van der Waals surface area contributed by atoms with Crippen molar-refractivity contribution in [3.63, 3.8) is 0 Å². The minimum atomic E-state index is -1.43. The van der Waals surface area contributed by atoms with Crippen molar-refractivity contribution in [1.29, 1.82) is 0 Å². The van der Waals surface area contributed by atoms with E-state index in [0.29, 0.717) is 24.0 Å². The molecule has 306 valence electrons. The van der Waals surface area contributed by atoms with Crippen molar-refractivity contribution >= 4 is 11.6 Å². The van der Waals surface area contributed by atoms with Crippen molar-refractivity contribution in [2.24, 2.45) is 16.7 Å². The molecular weight excluding hydrogens is 705 g/mol. The first kappa shape index (κ1) is 48.1. The second-order valence-electron chi connectivity index (χ2n) is 16.4. The molecule has 0 aromatic carbocycles. The minimum absolute atomic E-state index is 0.163. The lowest BCUT2D eigenvalue weighted by molar-refractivity contribution is -0.134. The standard InChI is InChI=1S/C48H66O8/c1-12-37(46(55)41(51)29-49)42(52)30-56-43-28-48(10,11)39(36(7)45(43)54)26-24-34(5)22-16-20-32(3)18-14-13-17-31(2)19-15-21-33(4)23-25-38-35(6)44(53)40(50)27-47(38,8)9/h12-26,37,40-43,46,49-52,55H,1,27-30H2,2-11H3/b14-13+,19-15+,20-16+,25-23+,26-24+,31-17+,32-18+,33-21+,34-22+. The minimum Gasteiger partial charge on any atom is -0.394 e. The number of Topliss-reactive ketones (excluding diaryl/α,β-unsaturated/α-hetero) is 2. The summed E-state index contributed by atoms with van der Waals surface area (Å²) in [6.07, 6.45) is 24.5. The van der Waals surface area contributed by atoms with Gasteiger partial charge in [0.15, 0.2) is 11.6 Å². The highest BCUT2D eigenvalue weighted by atomic mass is 16.5. The monoisotopic (exact) mass is 770 g/mol. The predicted octanol–water partition coefficient (Wildman–Crippen LogP) is 7.81. The van der Waals surface area contributed by atoms with E-state index in [2.05, 4.69) is 20.4 Å². The molecule has 0 heterocycles. The average molecular weight is 771 g/mol. The maximum atomic E-state index is 13.3. The van der Waals surface area contributed by atoms with Crippen LogP contribution in [0.2, 0.25) is 0 Å². The molecule has 56 heavy (non-hydrogen) atoms. The van der Waals surface area contributed by atoms with Gasteiger partial charge in [-0.25, -0.2) is 0 Å². The SMILES string of the molecule is C=CC(C(O)COC1CC(C)(C)C(/C=C/C(C)=C/C=C/C(C)=C/C=C/C=C(C)/C=C/C=C(C)/C=C/C2=C(C)C(=O)C(O)CC2(C)C)=C(C)C1=O)C(O)C(O)CO. The summed E-state index contributed by atoms with van der Waals surface area (Å²) in [5.74, 6) is -1.29. The van der Waals surface area contributed by atoms with Gasteiger partial charge in [0.05, 0.1) is 25.4 Å². The maximum Gasteiger partial charge on any atom is 0.187 e. The van der Waals surface area contributed by atoms with E-state index in [1.807, 2.05) is 127 Å². The van der Waals surface area contributed by atoms with Gasteiger partial charge in [-0.1, -0.05) is 141 Å². The highest BCUT2D eigenvalue weighted by Gasteiger charge is 2.40. The third kappa shape index (κ3) is 14.2. The molecule has 0 amide bonds. The Kier molecular flexibility index (Phi) is 19.0. The van der Waals surface area contributed by atoms with Gasteiger partial charge < -0.3 is 30.3 Å². The molecule has 2 aliphatic rings. The van der Waals surface area contributed by atoms with Gasteiger partial charge in [-0.3, -0.25) is 9.59 Å². The van der Waals surface area contributed by atoms with Crippen LogP contribution in [0.1, 0.15) is 82.1 Å². The first-order valence-corrected chi connectivity index (χ1v) is 19.3. The van der Waals surface area contributed by atoms with E-state index in [1.165, 1.54) is 6.08 Å². The summed E-state index contributed by atoms with van der Waals surface area (Å²) in [5, 5.41) is 49.8. The van der Waals surface area contributed by atoms with Crippen molar-refractivity contribution < 1.29 is 39.9 Å². The Bertz CT molecular complexity index is 1760. The molecule has 0 aromatic rings. The number of hydrogen-bond acceptors (Lipinski definition) is 8. The van der Waals surface area contributed by atoms with Crippen LogP contribution in [0.15, 0.2) is 142 Å². The summed E-state index contributed by atoms with van der Waals surface area (Å²) in [6.45, 7) is 22.6. The van der Waals surface area contributed by atoms with Gasteiger partial charge in [0, 0.05) is 5.92 Å². The topological polar surface area (TPSA) is 145 Å². The van der Waals surface area contributed by atoms with E-state index >= 15 is 0 Å². The first-order valence-electron chi connectivity index (χ1n) is 19.3. The quantitative estimate of drug-likeness (QED) is 0.0702. The van der Waals surface area contributed by atoms with E-state index in [0.717, 1.165) is 33.4 Å². The molecule has 2 aliphatic carbocycles. The smallest absolute Gasteiger partial charge is 0.187 e. The second-order valence-corrected chi connectivity index (χ2v) is 16.4. The van der Waals surface area contributed by atoms with Crippen LogP contribution < -0.4 is 0 Å². The van der Waals surface area contributed by atoms with E-state index in [4.69, 9.17) is 9.84 Å². The fourth-order valence-electron chi connectivity index (χ4n) is 6.94. The third-order valence-electron chi connectivity index (χ3n) is 10.5. The summed E-state index contributed by atoms with van der Waals surface area (Å²) < 4.78 is 5.85. The van der Waals surface area contributed by atoms with Crippen LogP contribution in [-0.2, 0) is 14.3 Å². The van der Waals surface area contributed by atoms with Crippen LogP contribution in [0.25, 0.3) is 0 Å². The Morgan fingerprint density at radius 3 is 1.61 bits per heavy atom. The molecule has 0 saturated carbocycles. The lowest BCUT2D eigenvalue weighted by atomic mass is 9.71. The number of aliphatic hydroxyl groups excluding tert-OH is 5. The van der Waals surface area contributed by atoms with Crippen molar-refractivity contribution in [3.8, 4) is 0 Å². The average Bonchev–Trinajstić information content (AvgIpc) is 3.12. The lowest BCUT2D eigenvalue weighted by Crippen LogP contribution is -2.44. The fourth-order valence-corrected chi connectivity index (χ4v) is 6.94. The van der Waals surface area contributed by atoms with Crippen LogP contribution >= 0.6 is 0 Å². The zero-order valence-corrected chi connectivity index (χ0v) is 35.1. The Balaban J connectivity index is 1.98. The molecule has 0 saturated heterocycles. The van der Waals surface area contributed by atoms with Gasteiger partial charge in [-0.05, 0) is 87.5 Å². The molecule has 0 aromatic heterocycles. The summed E-state index contributed by atoms with van der Waals surface area (Å²) >= 11 is 0. The van der Waals surface area contributed by atoms with Crippen LogP contribution in [0, 0.1) is 16.7 Å². The second kappa shape index (κ2) is 22.1. The normalized spacial score (nSPS) is 24.1. The molecule has 5 N–H and O–H groups in total. The van der Waals surface area contributed by atoms with Crippen LogP contribution in [0.3, 0.4) is 0 Å². The summed E-state index contributed by atoms with van der Waals surface area (Å²) in [7, 11) is 0. The number of allylic oxidation sites excluding steroid dienone is 20. The van der Waals surface area contributed by atoms with Gasteiger partial charge >= 0.3 is 0 Å². The maximum absolute atomic E-state index is 13.3. The summed E-state index contributed by atoms with van der Waals surface area (Å²) in [5.41, 5.74) is 6.70. The Hall–Kier alpha value is -4.02. The number of rotatable bonds is 18. The van der Waals surface area contributed by atoms with Crippen molar-refractivity contribution in [2.75, 3.05) is 13.2 Å². The van der Waals surface area contributed by atoms with Gasteiger partial charge in [0.25, 0.3) is 0 Å². The number of aliphatic hydroxyl groups is 5. The molecule has 8 heteroatoms. The van der Waals surface area contributed by atoms with Crippen molar-refractivity contribution in [2.45, 2.75) is 113 Å². The molecule has 0 radical (unpaired) electrons. The van der Waals surface area contributed by atoms with E-state index in [-0.39, 0.29) is 29.0 Å². The van der Waals surface area contributed by atoms with Crippen molar-refractivity contribution in [3.05, 3.63) is 142 Å². The molecule has 0 aliphatic heterocycles. The first-order chi connectivity index (χ1) is 26.2.